The highest BCUT2D eigenvalue weighted by atomic mass is 19.1. The maximum atomic E-state index is 13.4. The minimum absolute atomic E-state index is 0.0890. The van der Waals surface area contributed by atoms with Gasteiger partial charge in [0.15, 0.2) is 5.69 Å². The van der Waals surface area contributed by atoms with Gasteiger partial charge in [-0.05, 0) is 24.6 Å². The fourth-order valence-electron chi connectivity index (χ4n) is 2.09. The number of hydrogen-bond acceptors (Lipinski definition) is 4. The number of carbonyl (C=O) groups excluding carboxylic acids is 2. The summed E-state index contributed by atoms with van der Waals surface area (Å²) in [6, 6.07) is 6.88. The Morgan fingerprint density at radius 2 is 2.09 bits per heavy atom. The Hall–Kier alpha value is -2.70. The van der Waals surface area contributed by atoms with Crippen molar-refractivity contribution in [3.05, 3.63) is 53.1 Å². The third kappa shape index (κ3) is 2.98. The van der Waals surface area contributed by atoms with E-state index < -0.39 is 17.9 Å². The Bertz CT molecular complexity index is 712. The molecule has 7 heteroatoms. The molecular weight excluding hydrogens is 289 g/mol. The van der Waals surface area contributed by atoms with Gasteiger partial charge in [-0.3, -0.25) is 9.48 Å². The zero-order chi connectivity index (χ0) is 16.3. The molecule has 2 rings (SSSR count). The Kier molecular flexibility index (Phi) is 4.55. The molecule has 1 atom stereocenters. The van der Waals surface area contributed by atoms with Gasteiger partial charge in [0.1, 0.15) is 11.5 Å². The minimum Gasteiger partial charge on any atom is -0.464 e. The van der Waals surface area contributed by atoms with Crippen molar-refractivity contribution >= 4 is 11.9 Å². The number of nitrogens with one attached hydrogen (secondary N) is 1. The molecule has 0 spiro atoms. The highest BCUT2D eigenvalue weighted by molar-refractivity contribution is 5.95. The first-order valence-corrected chi connectivity index (χ1v) is 6.63. The largest absolute Gasteiger partial charge is 0.464 e. The zero-order valence-corrected chi connectivity index (χ0v) is 12.5. The average molecular weight is 305 g/mol. The standard InChI is InChI=1S/C15H16FN3O3/c1-9(10-5-4-6-11(16)7-10)19-13(15(21)22-3)8-12(18-19)14(20)17-2/h4-9H,1-3H3,(H,17,20)/t9-/m0/s1. The number of carbonyl (C=O) groups is 2. The number of benzene rings is 1. The van der Waals surface area contributed by atoms with Gasteiger partial charge < -0.3 is 10.1 Å². The van der Waals surface area contributed by atoms with Crippen molar-refractivity contribution in [2.24, 2.45) is 0 Å². The zero-order valence-electron chi connectivity index (χ0n) is 12.5. The average Bonchev–Trinajstić information content (AvgIpc) is 2.97. The van der Waals surface area contributed by atoms with Crippen molar-refractivity contribution < 1.29 is 18.7 Å². The molecule has 116 valence electrons. The molecule has 1 aromatic carbocycles. The first kappa shape index (κ1) is 15.7. The van der Waals surface area contributed by atoms with Gasteiger partial charge in [-0.2, -0.15) is 5.10 Å². The van der Waals surface area contributed by atoms with E-state index in [2.05, 4.69) is 10.4 Å². The number of halogens is 1. The molecule has 0 bridgehead atoms. The number of amides is 1. The smallest absolute Gasteiger partial charge is 0.356 e. The SMILES string of the molecule is CNC(=O)c1cc(C(=O)OC)n([C@@H](C)c2cccc(F)c2)n1. The first-order valence-electron chi connectivity index (χ1n) is 6.63. The van der Waals surface area contributed by atoms with Crippen LogP contribution in [-0.4, -0.2) is 35.8 Å². The number of rotatable bonds is 4. The summed E-state index contributed by atoms with van der Waals surface area (Å²) in [5, 5.41) is 6.58. The van der Waals surface area contributed by atoms with Crippen LogP contribution in [0.15, 0.2) is 30.3 Å². The van der Waals surface area contributed by atoms with Crippen LogP contribution in [0.2, 0.25) is 0 Å². The number of methoxy groups -OCH3 is 1. The molecule has 6 nitrogen and oxygen atoms in total. The Balaban J connectivity index is 2.50. The van der Waals surface area contributed by atoms with Crippen LogP contribution in [-0.2, 0) is 4.74 Å². The third-order valence-electron chi connectivity index (χ3n) is 3.29. The van der Waals surface area contributed by atoms with Gasteiger partial charge in [0.2, 0.25) is 0 Å². The van der Waals surface area contributed by atoms with E-state index >= 15 is 0 Å². The van der Waals surface area contributed by atoms with Crippen molar-refractivity contribution in [1.82, 2.24) is 15.1 Å². The molecule has 0 aliphatic rings. The van der Waals surface area contributed by atoms with Gasteiger partial charge in [0.05, 0.1) is 13.2 Å². The van der Waals surface area contributed by atoms with Crippen molar-refractivity contribution in [3.8, 4) is 0 Å². The summed E-state index contributed by atoms with van der Waals surface area (Å²) < 4.78 is 19.4. The first-order chi connectivity index (χ1) is 10.5. The van der Waals surface area contributed by atoms with Crippen LogP contribution in [0.1, 0.15) is 39.5 Å². The van der Waals surface area contributed by atoms with E-state index in [1.165, 1.54) is 37.0 Å². The van der Waals surface area contributed by atoms with Crippen LogP contribution >= 0.6 is 0 Å². The fourth-order valence-corrected chi connectivity index (χ4v) is 2.09. The van der Waals surface area contributed by atoms with E-state index in [-0.39, 0.29) is 17.2 Å². The summed E-state index contributed by atoms with van der Waals surface area (Å²) in [6.45, 7) is 1.75. The van der Waals surface area contributed by atoms with E-state index in [0.717, 1.165) is 0 Å². The monoisotopic (exact) mass is 305 g/mol. The van der Waals surface area contributed by atoms with Gasteiger partial charge >= 0.3 is 5.97 Å². The van der Waals surface area contributed by atoms with Gasteiger partial charge in [-0.25, -0.2) is 9.18 Å². The molecule has 1 amide bonds. The fraction of sp³-hybridized carbons (Fsp3) is 0.267. The molecule has 0 radical (unpaired) electrons. The number of ether oxygens (including phenoxy) is 1. The molecule has 1 heterocycles. The lowest BCUT2D eigenvalue weighted by atomic mass is 10.1. The molecular formula is C15H16FN3O3. The molecule has 0 saturated carbocycles. The molecule has 2 aromatic rings. The minimum atomic E-state index is -0.620. The van der Waals surface area contributed by atoms with Gasteiger partial charge in [-0.1, -0.05) is 12.1 Å². The van der Waals surface area contributed by atoms with Crippen LogP contribution < -0.4 is 5.32 Å². The Labute approximate surface area is 126 Å². The lowest BCUT2D eigenvalue weighted by molar-refractivity contribution is 0.0585. The van der Waals surface area contributed by atoms with E-state index in [0.29, 0.717) is 5.56 Å². The molecule has 22 heavy (non-hydrogen) atoms. The quantitative estimate of drug-likeness (QED) is 0.874. The van der Waals surface area contributed by atoms with Crippen LogP contribution in [0.4, 0.5) is 4.39 Å². The van der Waals surface area contributed by atoms with E-state index in [1.807, 2.05) is 0 Å². The second-order valence-corrected chi connectivity index (χ2v) is 4.66. The van der Waals surface area contributed by atoms with Crippen molar-refractivity contribution in [2.75, 3.05) is 14.2 Å². The lowest BCUT2D eigenvalue weighted by Gasteiger charge is -2.15. The summed E-state index contributed by atoms with van der Waals surface area (Å²) in [6.07, 6.45) is 0. The van der Waals surface area contributed by atoms with Crippen LogP contribution in [0.3, 0.4) is 0 Å². The summed E-state index contributed by atoms with van der Waals surface area (Å²) in [5.74, 6) is -1.43. The Morgan fingerprint density at radius 1 is 1.36 bits per heavy atom. The lowest BCUT2D eigenvalue weighted by Crippen LogP contribution is -2.19. The van der Waals surface area contributed by atoms with E-state index in [1.54, 1.807) is 19.1 Å². The van der Waals surface area contributed by atoms with E-state index in [4.69, 9.17) is 4.74 Å². The Morgan fingerprint density at radius 3 is 2.68 bits per heavy atom. The van der Waals surface area contributed by atoms with Crippen molar-refractivity contribution in [2.45, 2.75) is 13.0 Å². The van der Waals surface area contributed by atoms with Crippen LogP contribution in [0.25, 0.3) is 0 Å². The molecule has 0 fully saturated rings. The predicted octanol–water partition coefficient (Wildman–Crippen LogP) is 1.78. The summed E-state index contributed by atoms with van der Waals surface area (Å²) in [5.41, 5.74) is 0.834. The third-order valence-corrected chi connectivity index (χ3v) is 3.29. The van der Waals surface area contributed by atoms with Gasteiger partial charge in [-0.15, -0.1) is 0 Å². The summed E-state index contributed by atoms with van der Waals surface area (Å²) >= 11 is 0. The maximum Gasteiger partial charge on any atom is 0.356 e. The molecule has 1 N–H and O–H groups in total. The van der Waals surface area contributed by atoms with Crippen molar-refractivity contribution in [3.63, 3.8) is 0 Å². The summed E-state index contributed by atoms with van der Waals surface area (Å²) in [4.78, 5) is 23.6. The second-order valence-electron chi connectivity index (χ2n) is 4.66. The number of nitrogens with zero attached hydrogens (tertiary/aromatic N) is 2. The second kappa shape index (κ2) is 6.38. The number of hydrogen-bond donors (Lipinski definition) is 1. The highest BCUT2D eigenvalue weighted by Gasteiger charge is 2.23. The molecule has 0 saturated heterocycles. The number of esters is 1. The molecule has 1 aromatic heterocycles. The topological polar surface area (TPSA) is 73.2 Å². The van der Waals surface area contributed by atoms with Crippen molar-refractivity contribution in [1.29, 1.82) is 0 Å². The van der Waals surface area contributed by atoms with Crippen LogP contribution in [0, 0.1) is 5.82 Å². The molecule has 0 aliphatic heterocycles. The van der Waals surface area contributed by atoms with Crippen LogP contribution in [0.5, 0.6) is 0 Å². The summed E-state index contributed by atoms with van der Waals surface area (Å²) in [7, 11) is 2.71. The molecule has 0 aliphatic carbocycles. The van der Waals surface area contributed by atoms with Gasteiger partial charge in [0.25, 0.3) is 5.91 Å². The maximum absolute atomic E-state index is 13.4. The normalized spacial score (nSPS) is 11.8. The predicted molar refractivity (Wildman–Crippen MR) is 77.2 cm³/mol. The number of aromatic nitrogens is 2. The van der Waals surface area contributed by atoms with Gasteiger partial charge in [0, 0.05) is 13.1 Å². The molecule has 0 unspecified atom stereocenters. The van der Waals surface area contributed by atoms with E-state index in [9.17, 15) is 14.0 Å². The highest BCUT2D eigenvalue weighted by Crippen LogP contribution is 2.21.